The second-order valence-electron chi connectivity index (χ2n) is 4.18. The quantitative estimate of drug-likeness (QED) is 0.815. The number of ether oxygens (including phenoxy) is 2. The number of sulfonamides is 1. The van der Waals surface area contributed by atoms with Crippen LogP contribution in [0.5, 0.6) is 11.5 Å². The molecule has 0 aliphatic carbocycles. The molecule has 0 unspecified atom stereocenters. The van der Waals surface area contributed by atoms with Gasteiger partial charge in [0.1, 0.15) is 22.1 Å². The van der Waals surface area contributed by atoms with Gasteiger partial charge >= 0.3 is 0 Å². The molecule has 0 fully saturated rings. The summed E-state index contributed by atoms with van der Waals surface area (Å²) in [5.41, 5.74) is -0.673. The summed E-state index contributed by atoms with van der Waals surface area (Å²) in [6.07, 6.45) is 1.41. The van der Waals surface area contributed by atoms with Gasteiger partial charge in [-0.1, -0.05) is 0 Å². The Bertz CT molecular complexity index is 848. The normalized spacial score (nSPS) is 11.0. The van der Waals surface area contributed by atoms with Gasteiger partial charge in [-0.3, -0.25) is 9.52 Å². The van der Waals surface area contributed by atoms with E-state index in [4.69, 9.17) is 9.47 Å². The van der Waals surface area contributed by atoms with Gasteiger partial charge in [-0.05, 0) is 34.1 Å². The van der Waals surface area contributed by atoms with Crippen molar-refractivity contribution in [2.24, 2.45) is 0 Å². The molecule has 22 heavy (non-hydrogen) atoms. The van der Waals surface area contributed by atoms with Crippen molar-refractivity contribution in [2.45, 2.75) is 4.90 Å². The number of halogens is 1. The van der Waals surface area contributed by atoms with Gasteiger partial charge in [0.2, 0.25) is 0 Å². The smallest absolute Gasteiger partial charge is 0.272 e. The standard InChI is InChI=1S/C13H13BrN2O5S/c1-20-9-3-4-11(21-2)12(6-9)22(18,19)16-10-5-8(14)7-15-13(10)17/h3-7,16H,1-2H3,(H,15,17). The van der Waals surface area contributed by atoms with Crippen LogP contribution in [0.2, 0.25) is 0 Å². The number of methoxy groups -OCH3 is 2. The first-order chi connectivity index (χ1) is 10.4. The highest BCUT2D eigenvalue weighted by atomic mass is 79.9. The molecule has 1 aromatic heterocycles. The fourth-order valence-electron chi connectivity index (χ4n) is 1.73. The van der Waals surface area contributed by atoms with Crippen LogP contribution in [-0.4, -0.2) is 27.6 Å². The molecule has 0 radical (unpaired) electrons. The van der Waals surface area contributed by atoms with Crippen molar-refractivity contribution in [3.63, 3.8) is 0 Å². The molecule has 0 bridgehead atoms. The first-order valence-corrected chi connectivity index (χ1v) is 8.28. The van der Waals surface area contributed by atoms with E-state index >= 15 is 0 Å². The third-order valence-corrected chi connectivity index (χ3v) is 4.62. The summed E-state index contributed by atoms with van der Waals surface area (Å²) in [6, 6.07) is 5.72. The van der Waals surface area contributed by atoms with Crippen LogP contribution in [0.1, 0.15) is 0 Å². The van der Waals surface area contributed by atoms with Crippen molar-refractivity contribution in [1.29, 1.82) is 0 Å². The second kappa shape index (κ2) is 6.41. The molecule has 0 aliphatic rings. The van der Waals surface area contributed by atoms with E-state index < -0.39 is 15.6 Å². The van der Waals surface area contributed by atoms with Gasteiger partial charge in [-0.15, -0.1) is 0 Å². The van der Waals surface area contributed by atoms with E-state index in [1.807, 2.05) is 0 Å². The molecular weight excluding hydrogens is 376 g/mol. The third kappa shape index (κ3) is 3.42. The number of aromatic nitrogens is 1. The molecule has 2 N–H and O–H groups in total. The molecule has 1 heterocycles. The van der Waals surface area contributed by atoms with Crippen LogP contribution >= 0.6 is 15.9 Å². The van der Waals surface area contributed by atoms with Crippen molar-refractivity contribution in [1.82, 2.24) is 4.98 Å². The van der Waals surface area contributed by atoms with Gasteiger partial charge in [-0.25, -0.2) is 8.42 Å². The lowest BCUT2D eigenvalue weighted by Gasteiger charge is -2.12. The predicted molar refractivity (Wildman–Crippen MR) is 85.1 cm³/mol. The van der Waals surface area contributed by atoms with Gasteiger partial charge in [-0.2, -0.15) is 0 Å². The molecule has 0 saturated heterocycles. The summed E-state index contributed by atoms with van der Waals surface area (Å²) in [6.45, 7) is 0. The maximum atomic E-state index is 12.5. The molecular formula is C13H13BrN2O5S. The Labute approximate surface area is 135 Å². The molecule has 0 atom stereocenters. The highest BCUT2D eigenvalue weighted by Gasteiger charge is 2.22. The number of anilines is 1. The zero-order chi connectivity index (χ0) is 16.3. The minimum Gasteiger partial charge on any atom is -0.497 e. The molecule has 0 aliphatic heterocycles. The summed E-state index contributed by atoms with van der Waals surface area (Å²) < 4.78 is 37.8. The summed E-state index contributed by atoms with van der Waals surface area (Å²) in [4.78, 5) is 14.0. The number of aromatic amines is 1. The van der Waals surface area contributed by atoms with Crippen molar-refractivity contribution in [3.05, 3.63) is 45.3 Å². The van der Waals surface area contributed by atoms with Gasteiger partial charge in [0.05, 0.1) is 14.2 Å². The van der Waals surface area contributed by atoms with Crippen molar-refractivity contribution in [2.75, 3.05) is 18.9 Å². The Kier molecular flexibility index (Phi) is 4.77. The summed E-state index contributed by atoms with van der Waals surface area (Å²) in [5, 5.41) is 0. The molecule has 9 heteroatoms. The number of rotatable bonds is 5. The van der Waals surface area contributed by atoms with Gasteiger partial charge < -0.3 is 14.5 Å². The molecule has 2 rings (SSSR count). The Morgan fingerprint density at radius 3 is 2.55 bits per heavy atom. The Hall–Kier alpha value is -2.00. The lowest BCUT2D eigenvalue weighted by molar-refractivity contribution is 0.392. The van der Waals surface area contributed by atoms with E-state index in [1.165, 1.54) is 38.6 Å². The average molecular weight is 389 g/mol. The Morgan fingerprint density at radius 2 is 1.91 bits per heavy atom. The maximum absolute atomic E-state index is 12.5. The molecule has 2 aromatic rings. The van der Waals surface area contributed by atoms with E-state index in [9.17, 15) is 13.2 Å². The second-order valence-corrected chi connectivity index (χ2v) is 6.75. The van der Waals surface area contributed by atoms with E-state index in [0.717, 1.165) is 0 Å². The SMILES string of the molecule is COc1ccc(OC)c(S(=O)(=O)Nc2cc(Br)c[nH]c2=O)c1. The van der Waals surface area contributed by atoms with Crippen LogP contribution < -0.4 is 19.8 Å². The summed E-state index contributed by atoms with van der Waals surface area (Å²) in [5.74, 6) is 0.490. The monoisotopic (exact) mass is 388 g/mol. The number of benzene rings is 1. The van der Waals surface area contributed by atoms with Crippen LogP contribution in [0, 0.1) is 0 Å². The summed E-state index contributed by atoms with van der Waals surface area (Å²) >= 11 is 3.16. The van der Waals surface area contributed by atoms with Crippen LogP contribution in [0.25, 0.3) is 0 Å². The highest BCUT2D eigenvalue weighted by Crippen LogP contribution is 2.29. The molecule has 1 aromatic carbocycles. The van der Waals surface area contributed by atoms with E-state index in [0.29, 0.717) is 10.2 Å². The molecule has 0 spiro atoms. The zero-order valence-corrected chi connectivity index (χ0v) is 14.1. The van der Waals surface area contributed by atoms with Gasteiger partial charge in [0, 0.05) is 16.7 Å². The number of hydrogen-bond acceptors (Lipinski definition) is 5. The molecule has 0 amide bonds. The molecule has 0 saturated carbocycles. The first kappa shape index (κ1) is 16.4. The zero-order valence-electron chi connectivity index (χ0n) is 11.7. The lowest BCUT2D eigenvalue weighted by atomic mass is 10.3. The van der Waals surface area contributed by atoms with Gasteiger partial charge in [0.25, 0.3) is 15.6 Å². The Balaban J connectivity index is 2.51. The average Bonchev–Trinajstić information content (AvgIpc) is 2.50. The Morgan fingerprint density at radius 1 is 1.18 bits per heavy atom. The fraction of sp³-hybridized carbons (Fsp3) is 0.154. The summed E-state index contributed by atoms with van der Waals surface area (Å²) in [7, 11) is -1.25. The van der Waals surface area contributed by atoms with E-state index in [1.54, 1.807) is 6.07 Å². The van der Waals surface area contributed by atoms with E-state index in [2.05, 4.69) is 25.6 Å². The van der Waals surface area contributed by atoms with E-state index in [-0.39, 0.29) is 16.3 Å². The van der Waals surface area contributed by atoms with Crippen molar-refractivity contribution < 1.29 is 17.9 Å². The minimum atomic E-state index is -4.02. The first-order valence-electron chi connectivity index (χ1n) is 6.00. The number of nitrogens with one attached hydrogen (secondary N) is 2. The topological polar surface area (TPSA) is 97.5 Å². The van der Waals surface area contributed by atoms with Gasteiger partial charge in [0.15, 0.2) is 0 Å². The maximum Gasteiger partial charge on any atom is 0.272 e. The molecule has 7 nitrogen and oxygen atoms in total. The van der Waals surface area contributed by atoms with Crippen LogP contribution in [0.15, 0.2) is 44.6 Å². The third-order valence-electron chi connectivity index (χ3n) is 2.77. The predicted octanol–water partition coefficient (Wildman–Crippen LogP) is 1.96. The van der Waals surface area contributed by atoms with Crippen molar-refractivity contribution in [3.8, 4) is 11.5 Å². The number of hydrogen-bond donors (Lipinski definition) is 2. The minimum absolute atomic E-state index is 0.112. The fourth-order valence-corrected chi connectivity index (χ4v) is 3.31. The van der Waals surface area contributed by atoms with Crippen LogP contribution in [-0.2, 0) is 10.0 Å². The lowest BCUT2D eigenvalue weighted by Crippen LogP contribution is -2.20. The van der Waals surface area contributed by atoms with Crippen LogP contribution in [0.3, 0.4) is 0 Å². The highest BCUT2D eigenvalue weighted by molar-refractivity contribution is 9.10. The van der Waals surface area contributed by atoms with Crippen LogP contribution in [0.4, 0.5) is 5.69 Å². The van der Waals surface area contributed by atoms with Crippen molar-refractivity contribution >= 4 is 31.6 Å². The molecule has 118 valence electrons. The number of H-pyrrole nitrogens is 1. The largest absolute Gasteiger partial charge is 0.497 e. The number of pyridine rings is 1.